The summed E-state index contributed by atoms with van der Waals surface area (Å²) in [6, 6.07) is 8.85. The number of thiocarbonyl (C=S) groups is 1. The molecule has 0 bridgehead atoms. The summed E-state index contributed by atoms with van der Waals surface area (Å²) in [5.41, 5.74) is 3.74. The quantitative estimate of drug-likeness (QED) is 0.530. The fourth-order valence-electron chi connectivity index (χ4n) is 4.74. The Bertz CT molecular complexity index is 941. The SMILES string of the molecule is COc1ccc(CNC(=S)NC2CCC(Nc3nc4c(c(N(C)C)n3)CCCC4)CC2)cc1. The van der Waals surface area contributed by atoms with E-state index in [1.165, 1.54) is 29.7 Å². The standard InChI is InChI=1S/C25H36N6OS/c1-31(2)23-21-6-4-5-7-22(21)29-24(30-23)27-18-10-12-19(13-11-18)28-25(33)26-16-17-8-14-20(32-3)15-9-17/h8-9,14-15,18-19H,4-7,10-13,16H2,1-3H3,(H2,26,28,33)(H,27,29,30). The van der Waals surface area contributed by atoms with Gasteiger partial charge in [-0.2, -0.15) is 4.98 Å². The van der Waals surface area contributed by atoms with Crippen molar-refractivity contribution in [3.05, 3.63) is 41.1 Å². The average molecular weight is 469 g/mol. The summed E-state index contributed by atoms with van der Waals surface area (Å²) in [6.07, 6.45) is 8.92. The van der Waals surface area contributed by atoms with Crippen molar-refractivity contribution in [2.75, 3.05) is 31.4 Å². The predicted molar refractivity (Wildman–Crippen MR) is 138 cm³/mol. The Kier molecular flexibility index (Phi) is 7.85. The molecule has 2 aromatic rings. The molecule has 1 aromatic heterocycles. The van der Waals surface area contributed by atoms with Crippen LogP contribution in [-0.4, -0.2) is 48.4 Å². The number of benzene rings is 1. The molecule has 0 radical (unpaired) electrons. The minimum Gasteiger partial charge on any atom is -0.497 e. The summed E-state index contributed by atoms with van der Waals surface area (Å²) < 4.78 is 5.21. The molecule has 0 spiro atoms. The van der Waals surface area contributed by atoms with Crippen LogP contribution in [-0.2, 0) is 19.4 Å². The zero-order valence-electron chi connectivity index (χ0n) is 20.0. The number of nitrogens with zero attached hydrogens (tertiary/aromatic N) is 3. The first-order chi connectivity index (χ1) is 16.0. The molecule has 2 aliphatic rings. The smallest absolute Gasteiger partial charge is 0.225 e. The fraction of sp³-hybridized carbons (Fsp3) is 0.560. The molecule has 0 aliphatic heterocycles. The highest BCUT2D eigenvalue weighted by Crippen LogP contribution is 2.29. The molecule has 2 aliphatic carbocycles. The van der Waals surface area contributed by atoms with Crippen molar-refractivity contribution in [1.29, 1.82) is 0 Å². The van der Waals surface area contributed by atoms with Gasteiger partial charge in [0.1, 0.15) is 11.6 Å². The highest BCUT2D eigenvalue weighted by molar-refractivity contribution is 7.80. The second-order valence-electron chi connectivity index (χ2n) is 9.27. The molecule has 178 valence electrons. The highest BCUT2D eigenvalue weighted by Gasteiger charge is 2.24. The van der Waals surface area contributed by atoms with E-state index in [4.69, 9.17) is 26.9 Å². The van der Waals surface area contributed by atoms with Gasteiger partial charge in [0, 0.05) is 38.3 Å². The Morgan fingerprint density at radius 1 is 1.03 bits per heavy atom. The van der Waals surface area contributed by atoms with Gasteiger partial charge in [0.05, 0.1) is 12.8 Å². The number of methoxy groups -OCH3 is 1. The van der Waals surface area contributed by atoms with Gasteiger partial charge in [-0.15, -0.1) is 0 Å². The maximum absolute atomic E-state index is 5.53. The van der Waals surface area contributed by atoms with Crippen LogP contribution in [0.15, 0.2) is 24.3 Å². The normalized spacial score (nSPS) is 19.8. The van der Waals surface area contributed by atoms with Crippen molar-refractivity contribution >= 4 is 29.1 Å². The summed E-state index contributed by atoms with van der Waals surface area (Å²) in [5.74, 6) is 2.72. The third-order valence-corrected chi connectivity index (χ3v) is 6.85. The lowest BCUT2D eigenvalue weighted by molar-refractivity contribution is 0.385. The molecule has 4 rings (SSSR count). The van der Waals surface area contributed by atoms with Crippen molar-refractivity contribution in [2.24, 2.45) is 0 Å². The Balaban J connectivity index is 1.24. The lowest BCUT2D eigenvalue weighted by Gasteiger charge is -2.31. The number of nitrogens with one attached hydrogen (secondary N) is 3. The maximum Gasteiger partial charge on any atom is 0.225 e. The van der Waals surface area contributed by atoms with Gasteiger partial charge < -0.3 is 25.6 Å². The van der Waals surface area contributed by atoms with E-state index in [0.717, 1.165) is 61.2 Å². The van der Waals surface area contributed by atoms with E-state index in [1.807, 2.05) is 12.1 Å². The largest absolute Gasteiger partial charge is 0.497 e. The van der Waals surface area contributed by atoms with Gasteiger partial charge >= 0.3 is 0 Å². The van der Waals surface area contributed by atoms with E-state index >= 15 is 0 Å². The summed E-state index contributed by atoms with van der Waals surface area (Å²) in [4.78, 5) is 11.9. The topological polar surface area (TPSA) is 74.3 Å². The third-order valence-electron chi connectivity index (χ3n) is 6.59. The van der Waals surface area contributed by atoms with Crippen LogP contribution in [0, 0.1) is 0 Å². The molecule has 33 heavy (non-hydrogen) atoms. The van der Waals surface area contributed by atoms with Crippen molar-refractivity contribution in [2.45, 2.75) is 70.0 Å². The molecule has 0 atom stereocenters. The second kappa shape index (κ2) is 11.0. The zero-order valence-corrected chi connectivity index (χ0v) is 20.8. The summed E-state index contributed by atoms with van der Waals surface area (Å²) in [5, 5.41) is 11.1. The number of hydrogen-bond donors (Lipinski definition) is 3. The van der Waals surface area contributed by atoms with E-state index < -0.39 is 0 Å². The molecule has 1 aromatic carbocycles. The monoisotopic (exact) mass is 468 g/mol. The third kappa shape index (κ3) is 6.25. The van der Waals surface area contributed by atoms with E-state index in [2.05, 4.69) is 47.1 Å². The van der Waals surface area contributed by atoms with Gasteiger partial charge in [0.2, 0.25) is 5.95 Å². The molecule has 1 heterocycles. The predicted octanol–water partition coefficient (Wildman–Crippen LogP) is 3.82. The maximum atomic E-state index is 5.53. The minimum atomic E-state index is 0.403. The van der Waals surface area contributed by atoms with Crippen molar-refractivity contribution in [3.8, 4) is 5.75 Å². The Morgan fingerprint density at radius 2 is 1.73 bits per heavy atom. The summed E-state index contributed by atoms with van der Waals surface area (Å²) >= 11 is 5.53. The van der Waals surface area contributed by atoms with Crippen molar-refractivity contribution in [3.63, 3.8) is 0 Å². The van der Waals surface area contributed by atoms with Gasteiger partial charge in [-0.05, 0) is 81.3 Å². The minimum absolute atomic E-state index is 0.403. The number of hydrogen-bond acceptors (Lipinski definition) is 6. The first-order valence-electron chi connectivity index (χ1n) is 12.0. The molecule has 7 nitrogen and oxygen atoms in total. The van der Waals surface area contributed by atoms with Gasteiger partial charge in [0.15, 0.2) is 5.11 Å². The summed E-state index contributed by atoms with van der Waals surface area (Å²) in [6.45, 7) is 0.705. The van der Waals surface area contributed by atoms with Crippen molar-refractivity contribution < 1.29 is 4.74 Å². The van der Waals surface area contributed by atoms with Crippen molar-refractivity contribution in [1.82, 2.24) is 20.6 Å². The molecular formula is C25H36N6OS. The Hall–Kier alpha value is -2.61. The number of aromatic nitrogens is 2. The van der Waals surface area contributed by atoms with Crippen LogP contribution in [0.1, 0.15) is 55.3 Å². The first-order valence-corrected chi connectivity index (χ1v) is 12.4. The first kappa shape index (κ1) is 23.5. The molecule has 0 amide bonds. The molecule has 8 heteroatoms. The van der Waals surface area contributed by atoms with Gasteiger partial charge in [-0.1, -0.05) is 12.1 Å². The molecule has 0 unspecified atom stereocenters. The Labute approximate surface area is 202 Å². The number of aryl methyl sites for hydroxylation is 1. The van der Waals surface area contributed by atoms with Crippen LogP contribution in [0.25, 0.3) is 0 Å². The van der Waals surface area contributed by atoms with Crippen LogP contribution in [0.2, 0.25) is 0 Å². The van der Waals surface area contributed by atoms with Crippen LogP contribution >= 0.6 is 12.2 Å². The van der Waals surface area contributed by atoms with E-state index in [9.17, 15) is 0 Å². The van der Waals surface area contributed by atoms with Crippen LogP contribution in [0.4, 0.5) is 11.8 Å². The highest BCUT2D eigenvalue weighted by atomic mass is 32.1. The molecule has 1 fully saturated rings. The van der Waals surface area contributed by atoms with Gasteiger partial charge in [-0.25, -0.2) is 4.98 Å². The number of ether oxygens (including phenoxy) is 1. The van der Waals surface area contributed by atoms with Crippen LogP contribution in [0.5, 0.6) is 5.75 Å². The van der Waals surface area contributed by atoms with E-state index in [0.29, 0.717) is 18.6 Å². The molecule has 1 saturated carbocycles. The summed E-state index contributed by atoms with van der Waals surface area (Å²) in [7, 11) is 5.82. The molecule has 0 saturated heterocycles. The fourth-order valence-corrected chi connectivity index (χ4v) is 4.97. The van der Waals surface area contributed by atoms with E-state index in [1.54, 1.807) is 7.11 Å². The zero-order chi connectivity index (χ0) is 23.2. The average Bonchev–Trinajstić information content (AvgIpc) is 2.83. The second-order valence-corrected chi connectivity index (χ2v) is 9.67. The van der Waals surface area contributed by atoms with Crippen LogP contribution in [0.3, 0.4) is 0 Å². The van der Waals surface area contributed by atoms with E-state index in [-0.39, 0.29) is 0 Å². The number of anilines is 2. The van der Waals surface area contributed by atoms with Gasteiger partial charge in [-0.3, -0.25) is 0 Å². The molecule has 3 N–H and O–H groups in total. The Morgan fingerprint density at radius 3 is 2.42 bits per heavy atom. The lowest BCUT2D eigenvalue weighted by Crippen LogP contribution is -2.44. The van der Waals surface area contributed by atoms with Gasteiger partial charge in [0.25, 0.3) is 0 Å². The lowest BCUT2D eigenvalue weighted by atomic mass is 9.91. The van der Waals surface area contributed by atoms with Crippen LogP contribution < -0.4 is 25.6 Å². The molecular weight excluding hydrogens is 432 g/mol. The number of fused-ring (bicyclic) bond motifs is 1. The number of rotatable bonds is 7.